The summed E-state index contributed by atoms with van der Waals surface area (Å²) >= 11 is 0. The van der Waals surface area contributed by atoms with Crippen molar-refractivity contribution in [1.82, 2.24) is 9.97 Å². The van der Waals surface area contributed by atoms with Crippen LogP contribution >= 0.6 is 0 Å². The average molecular weight is 329 g/mol. The summed E-state index contributed by atoms with van der Waals surface area (Å²) in [6.07, 6.45) is 1.39. The minimum Gasteiger partial charge on any atom is -0.493 e. The first-order valence-electron chi connectivity index (χ1n) is 7.14. The lowest BCUT2D eigenvalue weighted by atomic mass is 10.1. The Labute approximate surface area is 138 Å². The van der Waals surface area contributed by atoms with Gasteiger partial charge in [-0.2, -0.15) is 0 Å². The van der Waals surface area contributed by atoms with Crippen LogP contribution in [0.15, 0.2) is 36.7 Å². The molecule has 0 atom stereocenters. The molecule has 0 bridgehead atoms. The SMILES string of the molecule is COc1cc2ncnc(Nc3ccccc3F)c2c(OC)c1OC. The average Bonchev–Trinajstić information content (AvgIpc) is 2.61. The molecule has 0 unspecified atom stereocenters. The van der Waals surface area contributed by atoms with E-state index >= 15 is 0 Å². The van der Waals surface area contributed by atoms with E-state index in [-0.39, 0.29) is 5.82 Å². The first kappa shape index (κ1) is 15.8. The van der Waals surface area contributed by atoms with Gasteiger partial charge >= 0.3 is 0 Å². The van der Waals surface area contributed by atoms with Crippen molar-refractivity contribution in [2.24, 2.45) is 0 Å². The Morgan fingerprint density at radius 1 is 0.958 bits per heavy atom. The standard InChI is InChI=1S/C17H16FN3O3/c1-22-13-8-12-14(16(24-3)15(13)23-2)17(20-9-19-12)21-11-7-5-4-6-10(11)18/h4-9H,1-3H3,(H,19,20,21). The Hall–Kier alpha value is -3.09. The summed E-state index contributed by atoms with van der Waals surface area (Å²) in [6, 6.07) is 8.05. The van der Waals surface area contributed by atoms with Gasteiger partial charge in [0.25, 0.3) is 0 Å². The number of anilines is 2. The summed E-state index contributed by atoms with van der Waals surface area (Å²) in [7, 11) is 4.55. The maximum atomic E-state index is 13.9. The van der Waals surface area contributed by atoms with Crippen molar-refractivity contribution in [2.75, 3.05) is 26.6 Å². The molecule has 0 aliphatic rings. The first-order valence-corrected chi connectivity index (χ1v) is 7.14. The van der Waals surface area contributed by atoms with E-state index in [1.165, 1.54) is 33.7 Å². The normalized spacial score (nSPS) is 10.5. The van der Waals surface area contributed by atoms with Crippen LogP contribution in [0.4, 0.5) is 15.9 Å². The van der Waals surface area contributed by atoms with E-state index in [2.05, 4.69) is 15.3 Å². The lowest BCUT2D eigenvalue weighted by Gasteiger charge is -2.16. The van der Waals surface area contributed by atoms with Crippen molar-refractivity contribution < 1.29 is 18.6 Å². The van der Waals surface area contributed by atoms with E-state index in [4.69, 9.17) is 14.2 Å². The van der Waals surface area contributed by atoms with Crippen LogP contribution in [0.1, 0.15) is 0 Å². The Kier molecular flexibility index (Phi) is 4.33. The first-order chi connectivity index (χ1) is 11.7. The van der Waals surface area contributed by atoms with Gasteiger partial charge in [0, 0.05) is 6.07 Å². The number of fused-ring (bicyclic) bond motifs is 1. The third-order valence-electron chi connectivity index (χ3n) is 3.56. The predicted octanol–water partition coefficient (Wildman–Crippen LogP) is 3.54. The van der Waals surface area contributed by atoms with Gasteiger partial charge in [-0.1, -0.05) is 12.1 Å². The molecule has 0 fully saturated rings. The Bertz CT molecular complexity index is 886. The zero-order chi connectivity index (χ0) is 17.1. The number of para-hydroxylation sites is 1. The highest BCUT2D eigenvalue weighted by Gasteiger charge is 2.20. The maximum absolute atomic E-state index is 13.9. The van der Waals surface area contributed by atoms with Crippen molar-refractivity contribution in [3.8, 4) is 17.2 Å². The predicted molar refractivity (Wildman–Crippen MR) is 88.9 cm³/mol. The minimum atomic E-state index is -0.385. The zero-order valence-corrected chi connectivity index (χ0v) is 13.5. The molecule has 24 heavy (non-hydrogen) atoms. The molecule has 2 aromatic carbocycles. The number of rotatable bonds is 5. The molecule has 1 heterocycles. The molecule has 0 aliphatic carbocycles. The highest BCUT2D eigenvalue weighted by atomic mass is 19.1. The van der Waals surface area contributed by atoms with Crippen molar-refractivity contribution in [3.63, 3.8) is 0 Å². The largest absolute Gasteiger partial charge is 0.493 e. The van der Waals surface area contributed by atoms with E-state index in [9.17, 15) is 4.39 Å². The van der Waals surface area contributed by atoms with Crippen molar-refractivity contribution in [3.05, 3.63) is 42.5 Å². The summed E-state index contributed by atoms with van der Waals surface area (Å²) in [4.78, 5) is 8.46. The number of aromatic nitrogens is 2. The van der Waals surface area contributed by atoms with Crippen LogP contribution in [0, 0.1) is 5.82 Å². The van der Waals surface area contributed by atoms with Crippen LogP contribution in [0.25, 0.3) is 10.9 Å². The third-order valence-corrected chi connectivity index (χ3v) is 3.56. The Balaban J connectivity index is 2.24. The van der Waals surface area contributed by atoms with Gasteiger partial charge < -0.3 is 19.5 Å². The highest BCUT2D eigenvalue weighted by Crippen LogP contribution is 2.45. The number of nitrogens with one attached hydrogen (secondary N) is 1. The molecule has 1 aromatic heterocycles. The minimum absolute atomic E-state index is 0.300. The molecular weight excluding hydrogens is 313 g/mol. The summed E-state index contributed by atoms with van der Waals surface area (Å²) in [5.41, 5.74) is 0.882. The quantitative estimate of drug-likeness (QED) is 0.772. The Morgan fingerprint density at radius 3 is 2.38 bits per heavy atom. The van der Waals surface area contributed by atoms with E-state index in [0.29, 0.717) is 39.7 Å². The summed E-state index contributed by atoms with van der Waals surface area (Å²) in [5, 5.41) is 3.55. The van der Waals surface area contributed by atoms with Gasteiger partial charge in [-0.05, 0) is 12.1 Å². The number of nitrogens with zero attached hydrogens (tertiary/aromatic N) is 2. The molecule has 3 rings (SSSR count). The van der Waals surface area contributed by atoms with Gasteiger partial charge in [0.1, 0.15) is 18.0 Å². The topological polar surface area (TPSA) is 65.5 Å². The van der Waals surface area contributed by atoms with Gasteiger partial charge in [-0.3, -0.25) is 0 Å². The van der Waals surface area contributed by atoms with Crippen LogP contribution in [0.3, 0.4) is 0 Å². The molecule has 0 amide bonds. The van der Waals surface area contributed by atoms with E-state index in [1.54, 1.807) is 24.3 Å². The smallest absolute Gasteiger partial charge is 0.204 e. The van der Waals surface area contributed by atoms with Gasteiger partial charge in [0.05, 0.1) is 37.9 Å². The summed E-state index contributed by atoms with van der Waals surface area (Å²) in [6.45, 7) is 0. The summed E-state index contributed by atoms with van der Waals surface area (Å²) in [5.74, 6) is 1.33. The number of methoxy groups -OCH3 is 3. The van der Waals surface area contributed by atoms with Crippen molar-refractivity contribution in [1.29, 1.82) is 0 Å². The number of hydrogen-bond donors (Lipinski definition) is 1. The van der Waals surface area contributed by atoms with Crippen LogP contribution in [-0.4, -0.2) is 31.3 Å². The third kappa shape index (κ3) is 2.64. The second-order valence-corrected chi connectivity index (χ2v) is 4.87. The van der Waals surface area contributed by atoms with Crippen LogP contribution < -0.4 is 19.5 Å². The van der Waals surface area contributed by atoms with Crippen LogP contribution in [-0.2, 0) is 0 Å². The highest BCUT2D eigenvalue weighted by molar-refractivity contribution is 5.99. The lowest BCUT2D eigenvalue weighted by molar-refractivity contribution is 0.327. The van der Waals surface area contributed by atoms with E-state index in [0.717, 1.165) is 0 Å². The second kappa shape index (κ2) is 6.57. The van der Waals surface area contributed by atoms with Gasteiger partial charge in [0.15, 0.2) is 11.5 Å². The number of halogens is 1. The molecule has 0 radical (unpaired) electrons. The summed E-state index contributed by atoms with van der Waals surface area (Å²) < 4.78 is 30.1. The van der Waals surface area contributed by atoms with Crippen molar-refractivity contribution in [2.45, 2.75) is 0 Å². The molecule has 6 nitrogen and oxygen atoms in total. The number of benzene rings is 2. The van der Waals surface area contributed by atoms with Gasteiger partial charge in [0.2, 0.25) is 5.75 Å². The van der Waals surface area contributed by atoms with Crippen molar-refractivity contribution >= 4 is 22.4 Å². The molecular formula is C17H16FN3O3. The fourth-order valence-corrected chi connectivity index (χ4v) is 2.47. The lowest BCUT2D eigenvalue weighted by Crippen LogP contribution is -2.02. The van der Waals surface area contributed by atoms with Gasteiger partial charge in [-0.15, -0.1) is 0 Å². The maximum Gasteiger partial charge on any atom is 0.204 e. The molecule has 0 spiro atoms. The number of hydrogen-bond acceptors (Lipinski definition) is 6. The Morgan fingerprint density at radius 2 is 1.71 bits per heavy atom. The monoisotopic (exact) mass is 329 g/mol. The molecule has 3 aromatic rings. The number of ether oxygens (including phenoxy) is 3. The fourth-order valence-electron chi connectivity index (χ4n) is 2.47. The molecule has 1 N–H and O–H groups in total. The fraction of sp³-hybridized carbons (Fsp3) is 0.176. The molecule has 0 aliphatic heterocycles. The molecule has 0 saturated heterocycles. The van der Waals surface area contributed by atoms with Crippen LogP contribution in [0.5, 0.6) is 17.2 Å². The molecule has 0 saturated carbocycles. The molecule has 7 heteroatoms. The van der Waals surface area contributed by atoms with E-state index in [1.807, 2.05) is 0 Å². The van der Waals surface area contributed by atoms with Crippen LogP contribution in [0.2, 0.25) is 0 Å². The zero-order valence-electron chi connectivity index (χ0n) is 13.5. The molecule has 124 valence electrons. The second-order valence-electron chi connectivity index (χ2n) is 4.87. The van der Waals surface area contributed by atoms with Gasteiger partial charge in [-0.25, -0.2) is 14.4 Å². The van der Waals surface area contributed by atoms with E-state index < -0.39 is 0 Å².